The summed E-state index contributed by atoms with van der Waals surface area (Å²) in [5.41, 5.74) is 0.373. The number of anilines is 1. The first-order valence-corrected chi connectivity index (χ1v) is 10.7. The molecule has 0 saturated carbocycles. The minimum atomic E-state index is -1.15. The van der Waals surface area contributed by atoms with Gasteiger partial charge in [-0.3, -0.25) is 19.4 Å². The summed E-state index contributed by atoms with van der Waals surface area (Å²) in [5.74, 6) is -0.755. The number of urea groups is 1. The Kier molecular flexibility index (Phi) is 5.26. The fourth-order valence-electron chi connectivity index (χ4n) is 3.75. The maximum atomic E-state index is 13.3. The monoisotopic (exact) mass is 422 g/mol. The van der Waals surface area contributed by atoms with Crippen LogP contribution in [0.4, 0.5) is 9.93 Å². The van der Waals surface area contributed by atoms with Gasteiger partial charge < -0.3 is 5.32 Å². The van der Waals surface area contributed by atoms with E-state index in [4.69, 9.17) is 0 Å². The summed E-state index contributed by atoms with van der Waals surface area (Å²) in [6.07, 6.45) is 0.391. The van der Waals surface area contributed by atoms with E-state index in [-0.39, 0.29) is 12.5 Å². The predicted octanol–water partition coefficient (Wildman–Crippen LogP) is 3.51. The highest BCUT2D eigenvalue weighted by Gasteiger charge is 2.51. The topological polar surface area (TPSA) is 82.6 Å². The number of aromatic nitrogens is 1. The molecule has 1 aromatic heterocycles. The molecule has 1 atom stereocenters. The normalized spacial score (nSPS) is 18.7. The molecule has 0 radical (unpaired) electrons. The molecular formula is C22H22N4O3S. The maximum Gasteiger partial charge on any atom is 0.325 e. The van der Waals surface area contributed by atoms with Crippen LogP contribution in [0.1, 0.15) is 25.8 Å². The van der Waals surface area contributed by atoms with Gasteiger partial charge in [0.1, 0.15) is 12.1 Å². The summed E-state index contributed by atoms with van der Waals surface area (Å²) in [6, 6.07) is 16.2. The Morgan fingerprint density at radius 2 is 1.80 bits per heavy atom. The van der Waals surface area contributed by atoms with Gasteiger partial charge >= 0.3 is 6.03 Å². The van der Waals surface area contributed by atoms with Crippen molar-refractivity contribution in [2.75, 3.05) is 18.0 Å². The number of likely N-dealkylation sites (N-methyl/N-ethyl adjacent to an activating group) is 1. The van der Waals surface area contributed by atoms with E-state index in [0.717, 1.165) is 15.1 Å². The van der Waals surface area contributed by atoms with Crippen molar-refractivity contribution >= 4 is 44.5 Å². The third-order valence-electron chi connectivity index (χ3n) is 5.40. The third kappa shape index (κ3) is 3.23. The highest BCUT2D eigenvalue weighted by Crippen LogP contribution is 2.33. The summed E-state index contributed by atoms with van der Waals surface area (Å²) in [5, 5.41) is 3.37. The zero-order valence-corrected chi connectivity index (χ0v) is 17.6. The van der Waals surface area contributed by atoms with Gasteiger partial charge in [-0.15, -0.1) is 0 Å². The predicted molar refractivity (Wildman–Crippen MR) is 116 cm³/mol. The molecule has 8 heteroatoms. The summed E-state index contributed by atoms with van der Waals surface area (Å²) in [7, 11) is 0. The Morgan fingerprint density at radius 1 is 1.10 bits per heavy atom. The SMILES string of the molecule is CCN(C(=O)CN1C(=O)NC(CC)(c2ccccc2)C1=O)c1nc2ccccc2s1. The van der Waals surface area contributed by atoms with Crippen LogP contribution in [0, 0.1) is 0 Å². The van der Waals surface area contributed by atoms with E-state index in [9.17, 15) is 14.4 Å². The van der Waals surface area contributed by atoms with E-state index < -0.39 is 17.5 Å². The molecule has 2 aromatic carbocycles. The molecule has 1 N–H and O–H groups in total. The number of fused-ring (bicyclic) bond motifs is 1. The number of hydrogen-bond donors (Lipinski definition) is 1. The lowest BCUT2D eigenvalue weighted by atomic mass is 9.87. The Morgan fingerprint density at radius 3 is 2.47 bits per heavy atom. The quantitative estimate of drug-likeness (QED) is 0.617. The number of carbonyl (C=O) groups excluding carboxylic acids is 3. The van der Waals surface area contributed by atoms with E-state index in [2.05, 4.69) is 10.3 Å². The number of rotatable bonds is 6. The van der Waals surface area contributed by atoms with Crippen LogP contribution < -0.4 is 10.2 Å². The zero-order chi connectivity index (χ0) is 21.3. The van der Waals surface area contributed by atoms with Crippen LogP contribution in [0.25, 0.3) is 10.2 Å². The van der Waals surface area contributed by atoms with Crippen LogP contribution in [-0.2, 0) is 15.1 Å². The van der Waals surface area contributed by atoms with Gasteiger partial charge in [0.25, 0.3) is 5.91 Å². The average Bonchev–Trinajstić information content (AvgIpc) is 3.29. The molecule has 1 aliphatic heterocycles. The molecule has 7 nitrogen and oxygen atoms in total. The zero-order valence-electron chi connectivity index (χ0n) is 16.8. The molecule has 30 heavy (non-hydrogen) atoms. The van der Waals surface area contributed by atoms with Gasteiger partial charge in [0.2, 0.25) is 5.91 Å². The van der Waals surface area contributed by atoms with Crippen LogP contribution in [0.2, 0.25) is 0 Å². The molecule has 154 valence electrons. The average molecular weight is 423 g/mol. The molecule has 1 saturated heterocycles. The van der Waals surface area contributed by atoms with Crippen LogP contribution in [-0.4, -0.2) is 40.8 Å². The molecule has 1 unspecified atom stereocenters. The second-order valence-electron chi connectivity index (χ2n) is 7.05. The number of carbonyl (C=O) groups is 3. The lowest BCUT2D eigenvalue weighted by Crippen LogP contribution is -2.45. The molecule has 4 amide bonds. The van der Waals surface area contributed by atoms with Crippen LogP contribution in [0.5, 0.6) is 0 Å². The number of para-hydroxylation sites is 1. The number of amides is 4. The molecule has 0 bridgehead atoms. The van der Waals surface area contributed by atoms with Gasteiger partial charge in [-0.05, 0) is 31.0 Å². The highest BCUT2D eigenvalue weighted by atomic mass is 32.1. The van der Waals surface area contributed by atoms with Crippen molar-refractivity contribution in [3.63, 3.8) is 0 Å². The van der Waals surface area contributed by atoms with E-state index in [0.29, 0.717) is 23.7 Å². The third-order valence-corrected chi connectivity index (χ3v) is 6.46. The summed E-state index contributed by atoms with van der Waals surface area (Å²) in [4.78, 5) is 46.0. The van der Waals surface area contributed by atoms with Crippen molar-refractivity contribution in [1.82, 2.24) is 15.2 Å². The summed E-state index contributed by atoms with van der Waals surface area (Å²) >= 11 is 1.41. The molecule has 0 spiro atoms. The lowest BCUT2D eigenvalue weighted by Gasteiger charge is -2.26. The molecule has 4 rings (SSSR count). The molecule has 3 aromatic rings. The van der Waals surface area contributed by atoms with Gasteiger partial charge in [0.15, 0.2) is 5.13 Å². The fourth-order valence-corrected chi connectivity index (χ4v) is 4.79. The number of nitrogens with one attached hydrogen (secondary N) is 1. The lowest BCUT2D eigenvalue weighted by molar-refractivity contribution is -0.134. The van der Waals surface area contributed by atoms with E-state index in [1.807, 2.05) is 68.4 Å². The van der Waals surface area contributed by atoms with E-state index in [1.165, 1.54) is 16.2 Å². The molecule has 1 fully saturated rings. The number of thiazole rings is 1. The number of benzene rings is 2. The van der Waals surface area contributed by atoms with Gasteiger partial charge in [-0.1, -0.05) is 60.7 Å². The van der Waals surface area contributed by atoms with Crippen LogP contribution in [0.15, 0.2) is 54.6 Å². The Hall–Kier alpha value is -3.26. The van der Waals surface area contributed by atoms with E-state index >= 15 is 0 Å². The molecular weight excluding hydrogens is 400 g/mol. The second kappa shape index (κ2) is 7.87. The van der Waals surface area contributed by atoms with Gasteiger partial charge in [-0.25, -0.2) is 9.78 Å². The van der Waals surface area contributed by atoms with Crippen molar-refractivity contribution < 1.29 is 14.4 Å². The molecule has 0 aliphatic carbocycles. The Labute approximate surface area is 178 Å². The second-order valence-corrected chi connectivity index (χ2v) is 8.06. The molecule has 2 heterocycles. The maximum absolute atomic E-state index is 13.3. The Bertz CT molecular complexity index is 1080. The standard InChI is InChI=1S/C22H22N4O3S/c1-3-22(15-10-6-5-7-11-15)19(28)26(20(29)24-22)14-18(27)25(4-2)21-23-16-12-8-9-13-17(16)30-21/h5-13H,3-4,14H2,1-2H3,(H,24,29). The van der Waals surface area contributed by atoms with E-state index in [1.54, 1.807) is 0 Å². The Balaban J connectivity index is 1.59. The minimum Gasteiger partial charge on any atom is -0.319 e. The first kappa shape index (κ1) is 20.0. The van der Waals surface area contributed by atoms with Crippen LogP contribution >= 0.6 is 11.3 Å². The van der Waals surface area contributed by atoms with Crippen LogP contribution in [0.3, 0.4) is 0 Å². The summed E-state index contributed by atoms with van der Waals surface area (Å²) in [6.45, 7) is 3.75. The fraction of sp³-hybridized carbons (Fsp3) is 0.273. The number of imide groups is 1. The first-order chi connectivity index (χ1) is 14.5. The molecule has 1 aliphatic rings. The smallest absolute Gasteiger partial charge is 0.319 e. The first-order valence-electron chi connectivity index (χ1n) is 9.85. The van der Waals surface area contributed by atoms with Gasteiger partial charge in [0, 0.05) is 6.54 Å². The van der Waals surface area contributed by atoms with Crippen molar-refractivity contribution in [1.29, 1.82) is 0 Å². The van der Waals surface area contributed by atoms with Gasteiger partial charge in [-0.2, -0.15) is 0 Å². The minimum absolute atomic E-state index is 0.330. The number of nitrogens with zero attached hydrogens (tertiary/aromatic N) is 3. The van der Waals surface area contributed by atoms with Crippen molar-refractivity contribution in [3.05, 3.63) is 60.2 Å². The van der Waals surface area contributed by atoms with Crippen molar-refractivity contribution in [2.45, 2.75) is 25.8 Å². The van der Waals surface area contributed by atoms with Gasteiger partial charge in [0.05, 0.1) is 10.2 Å². The highest BCUT2D eigenvalue weighted by molar-refractivity contribution is 7.22. The largest absolute Gasteiger partial charge is 0.325 e. The van der Waals surface area contributed by atoms with Crippen molar-refractivity contribution in [2.24, 2.45) is 0 Å². The number of hydrogen-bond acceptors (Lipinski definition) is 5. The van der Waals surface area contributed by atoms with Crippen molar-refractivity contribution in [3.8, 4) is 0 Å². The summed E-state index contributed by atoms with van der Waals surface area (Å²) < 4.78 is 0.975.